The Bertz CT molecular complexity index is 186. The van der Waals surface area contributed by atoms with E-state index in [1.54, 1.807) is 0 Å². The van der Waals surface area contributed by atoms with Crippen molar-refractivity contribution in [3.05, 3.63) is 12.2 Å². The average Bonchev–Trinajstić information content (AvgIpc) is 2.42. The van der Waals surface area contributed by atoms with Crippen LogP contribution in [0.2, 0.25) is 0 Å². The highest BCUT2D eigenvalue weighted by Gasteiger charge is 2.00. The van der Waals surface area contributed by atoms with Gasteiger partial charge in [0.15, 0.2) is 0 Å². The van der Waals surface area contributed by atoms with Crippen molar-refractivity contribution in [2.75, 3.05) is 0 Å². The summed E-state index contributed by atoms with van der Waals surface area (Å²) < 4.78 is 0. The number of aliphatic hydroxyl groups is 1. The van der Waals surface area contributed by atoms with Crippen molar-refractivity contribution in [1.82, 2.24) is 0 Å². The lowest BCUT2D eigenvalue weighted by Crippen LogP contribution is -2.04. The molecule has 0 rings (SSSR count). The third kappa shape index (κ3) is 15.6. The Morgan fingerprint density at radius 3 is 2.00 bits per heavy atom. The topological polar surface area (TPSA) is 20.2 Å². The second-order valence-electron chi connectivity index (χ2n) is 5.77. The maximum absolute atomic E-state index is 9.80. The summed E-state index contributed by atoms with van der Waals surface area (Å²) in [6.07, 6.45) is 20.6. The van der Waals surface area contributed by atoms with Crippen LogP contribution in [0.5, 0.6) is 0 Å². The molecule has 0 saturated carbocycles. The molecule has 0 heterocycles. The van der Waals surface area contributed by atoms with Crippen molar-refractivity contribution in [3.8, 4) is 0 Å². The molecule has 114 valence electrons. The molecule has 0 aliphatic carbocycles. The van der Waals surface area contributed by atoms with Crippen molar-refractivity contribution in [2.24, 2.45) is 0 Å². The van der Waals surface area contributed by atoms with Crippen LogP contribution in [-0.4, -0.2) is 11.2 Å². The number of hydrogen-bond acceptors (Lipinski definition) is 1. The first-order chi connectivity index (χ1) is 9.31. The van der Waals surface area contributed by atoms with Crippen molar-refractivity contribution in [1.29, 1.82) is 0 Å². The quantitative estimate of drug-likeness (QED) is 0.302. The summed E-state index contributed by atoms with van der Waals surface area (Å²) >= 11 is 0. The molecule has 0 aromatic rings. The molecule has 0 aliphatic heterocycles. The van der Waals surface area contributed by atoms with Crippen molar-refractivity contribution >= 4 is 0 Å². The molecule has 0 bridgehead atoms. The van der Waals surface area contributed by atoms with Crippen LogP contribution in [0.4, 0.5) is 0 Å². The number of aliphatic hydroxyl groups excluding tert-OH is 1. The molecule has 0 fully saturated rings. The number of rotatable bonds is 14. The van der Waals surface area contributed by atoms with Gasteiger partial charge in [-0.25, -0.2) is 0 Å². The number of allylic oxidation sites excluding steroid dienone is 1. The Kier molecular flexibility index (Phi) is 15.5. The molecule has 0 aromatic heterocycles. The molecule has 0 radical (unpaired) electrons. The molecule has 1 N–H and O–H groups in total. The summed E-state index contributed by atoms with van der Waals surface area (Å²) in [7, 11) is 0. The highest BCUT2D eigenvalue weighted by atomic mass is 16.3. The second-order valence-corrected chi connectivity index (χ2v) is 5.77. The van der Waals surface area contributed by atoms with E-state index in [4.69, 9.17) is 0 Å². The van der Waals surface area contributed by atoms with Gasteiger partial charge in [0.25, 0.3) is 0 Å². The van der Waals surface area contributed by atoms with Gasteiger partial charge in [-0.15, -0.1) is 0 Å². The molecule has 0 spiro atoms. The van der Waals surface area contributed by atoms with Crippen LogP contribution in [0, 0.1) is 0 Å². The van der Waals surface area contributed by atoms with E-state index in [0.29, 0.717) is 0 Å². The van der Waals surface area contributed by atoms with E-state index < -0.39 is 0 Å². The fourth-order valence-corrected chi connectivity index (χ4v) is 2.34. The van der Waals surface area contributed by atoms with E-state index in [-0.39, 0.29) is 6.10 Å². The smallest absolute Gasteiger partial charge is 0.0574 e. The van der Waals surface area contributed by atoms with Crippen LogP contribution < -0.4 is 0 Å². The van der Waals surface area contributed by atoms with Gasteiger partial charge in [0.05, 0.1) is 6.10 Å². The van der Waals surface area contributed by atoms with Crippen LogP contribution in [0.15, 0.2) is 12.2 Å². The van der Waals surface area contributed by atoms with Crippen LogP contribution in [0.3, 0.4) is 0 Å². The van der Waals surface area contributed by atoms with Crippen LogP contribution in [0.1, 0.15) is 97.3 Å². The largest absolute Gasteiger partial charge is 0.393 e. The van der Waals surface area contributed by atoms with E-state index in [1.165, 1.54) is 70.6 Å². The van der Waals surface area contributed by atoms with Gasteiger partial charge in [-0.1, -0.05) is 83.8 Å². The normalized spacial score (nSPS) is 13.2. The zero-order chi connectivity index (χ0) is 14.2. The van der Waals surface area contributed by atoms with E-state index in [0.717, 1.165) is 12.8 Å². The standard InChI is InChI=1S/C18H36O/c1-3-5-7-9-10-11-12-13-15-17-18(19)16-14-8-6-4-2/h13,15,18-19H,3-12,14,16-17H2,1-2H3/t18-/m1/s1. The molecule has 0 amide bonds. The molecule has 0 aliphatic rings. The number of hydrogen-bond donors (Lipinski definition) is 1. The highest BCUT2D eigenvalue weighted by Crippen LogP contribution is 2.10. The Hall–Kier alpha value is -0.300. The third-order valence-corrected chi connectivity index (χ3v) is 3.69. The zero-order valence-corrected chi connectivity index (χ0v) is 13.4. The summed E-state index contributed by atoms with van der Waals surface area (Å²) in [5, 5.41) is 9.80. The molecular weight excluding hydrogens is 232 g/mol. The molecule has 0 unspecified atom stereocenters. The summed E-state index contributed by atoms with van der Waals surface area (Å²) in [6.45, 7) is 4.48. The van der Waals surface area contributed by atoms with Gasteiger partial charge < -0.3 is 5.11 Å². The maximum Gasteiger partial charge on any atom is 0.0574 e. The highest BCUT2D eigenvalue weighted by molar-refractivity contribution is 4.83. The first-order valence-corrected chi connectivity index (χ1v) is 8.64. The summed E-state index contributed by atoms with van der Waals surface area (Å²) in [5.74, 6) is 0. The SMILES string of the molecule is CCCCCCCCC=CC[C@H](O)CCCCCC. The van der Waals surface area contributed by atoms with E-state index in [9.17, 15) is 5.11 Å². The van der Waals surface area contributed by atoms with Gasteiger partial charge in [-0.3, -0.25) is 0 Å². The predicted octanol–water partition coefficient (Wildman–Crippen LogP) is 6.01. The van der Waals surface area contributed by atoms with Crippen LogP contribution >= 0.6 is 0 Å². The second kappa shape index (κ2) is 15.8. The lowest BCUT2D eigenvalue weighted by atomic mass is 10.1. The minimum absolute atomic E-state index is 0.113. The van der Waals surface area contributed by atoms with E-state index in [1.807, 2.05) is 0 Å². The van der Waals surface area contributed by atoms with Crippen molar-refractivity contribution in [2.45, 2.75) is 103 Å². The van der Waals surface area contributed by atoms with Gasteiger partial charge in [0.2, 0.25) is 0 Å². The minimum atomic E-state index is -0.113. The summed E-state index contributed by atoms with van der Waals surface area (Å²) in [6, 6.07) is 0. The lowest BCUT2D eigenvalue weighted by molar-refractivity contribution is 0.163. The molecular formula is C18H36O. The van der Waals surface area contributed by atoms with Gasteiger partial charge in [0.1, 0.15) is 0 Å². The van der Waals surface area contributed by atoms with E-state index >= 15 is 0 Å². The Morgan fingerprint density at radius 1 is 0.737 bits per heavy atom. The Morgan fingerprint density at radius 2 is 1.32 bits per heavy atom. The van der Waals surface area contributed by atoms with Gasteiger partial charge >= 0.3 is 0 Å². The minimum Gasteiger partial charge on any atom is -0.393 e. The summed E-state index contributed by atoms with van der Waals surface area (Å²) in [5.41, 5.74) is 0. The molecule has 19 heavy (non-hydrogen) atoms. The van der Waals surface area contributed by atoms with Gasteiger partial charge in [-0.05, 0) is 25.7 Å². The Labute approximate surface area is 121 Å². The van der Waals surface area contributed by atoms with Crippen LogP contribution in [0.25, 0.3) is 0 Å². The fourth-order valence-electron chi connectivity index (χ4n) is 2.34. The fraction of sp³-hybridized carbons (Fsp3) is 0.889. The average molecular weight is 268 g/mol. The first-order valence-electron chi connectivity index (χ1n) is 8.64. The molecule has 1 heteroatoms. The first kappa shape index (κ1) is 18.7. The molecule has 1 nitrogen and oxygen atoms in total. The summed E-state index contributed by atoms with van der Waals surface area (Å²) in [4.78, 5) is 0. The van der Waals surface area contributed by atoms with Crippen molar-refractivity contribution < 1.29 is 5.11 Å². The van der Waals surface area contributed by atoms with Gasteiger partial charge in [-0.2, -0.15) is 0 Å². The zero-order valence-electron chi connectivity index (χ0n) is 13.4. The third-order valence-electron chi connectivity index (χ3n) is 3.69. The molecule has 1 atom stereocenters. The van der Waals surface area contributed by atoms with E-state index in [2.05, 4.69) is 26.0 Å². The van der Waals surface area contributed by atoms with Crippen molar-refractivity contribution in [3.63, 3.8) is 0 Å². The predicted molar refractivity (Wildman–Crippen MR) is 86.5 cm³/mol. The molecule has 0 aromatic carbocycles. The van der Waals surface area contributed by atoms with Gasteiger partial charge in [0, 0.05) is 0 Å². The number of unbranched alkanes of at least 4 members (excludes halogenated alkanes) is 9. The monoisotopic (exact) mass is 268 g/mol. The molecule has 0 saturated heterocycles. The van der Waals surface area contributed by atoms with Crippen LogP contribution in [-0.2, 0) is 0 Å². The lowest BCUT2D eigenvalue weighted by Gasteiger charge is -2.07. The Balaban J connectivity index is 3.22. The maximum atomic E-state index is 9.80.